The van der Waals surface area contributed by atoms with Gasteiger partial charge in [-0.2, -0.15) is 4.98 Å². The van der Waals surface area contributed by atoms with Crippen LogP contribution in [0.15, 0.2) is 21.5 Å². The Bertz CT molecular complexity index is 774. The molecule has 0 aliphatic rings. The van der Waals surface area contributed by atoms with Gasteiger partial charge in [0.15, 0.2) is 0 Å². The molecule has 2 aromatic rings. The van der Waals surface area contributed by atoms with E-state index in [4.69, 9.17) is 4.52 Å². The second-order valence-corrected chi connectivity index (χ2v) is 6.39. The van der Waals surface area contributed by atoms with Gasteiger partial charge in [-0.3, -0.25) is 9.59 Å². The van der Waals surface area contributed by atoms with Gasteiger partial charge in [0.1, 0.15) is 0 Å². The van der Waals surface area contributed by atoms with E-state index in [1.165, 1.54) is 0 Å². The third-order valence-electron chi connectivity index (χ3n) is 3.56. The molecule has 1 N–H and O–H groups in total. The molecule has 0 fully saturated rings. The van der Waals surface area contributed by atoms with Gasteiger partial charge in [-0.25, -0.2) is 0 Å². The number of nitrogens with zero attached hydrogens (tertiary/aromatic N) is 3. The molecule has 2 heterocycles. The lowest BCUT2D eigenvalue weighted by Crippen LogP contribution is -2.30. The second kappa shape index (κ2) is 7.42. The van der Waals surface area contributed by atoms with Crippen molar-refractivity contribution in [2.75, 3.05) is 0 Å². The summed E-state index contributed by atoms with van der Waals surface area (Å²) in [5, 5.41) is 6.69. The van der Waals surface area contributed by atoms with Crippen molar-refractivity contribution in [3.05, 3.63) is 34.1 Å². The molecule has 0 saturated heterocycles. The Morgan fingerprint density at radius 2 is 2.00 bits per heavy atom. The minimum absolute atomic E-state index is 0.0450. The SMILES string of the molecule is Cc1ccc(-c2noc(CCC(=O)NC(C)C)n2)c(=O)n1C(C)C. The van der Waals surface area contributed by atoms with Crippen molar-refractivity contribution in [3.63, 3.8) is 0 Å². The number of amides is 1. The molecule has 130 valence electrons. The van der Waals surface area contributed by atoms with E-state index >= 15 is 0 Å². The highest BCUT2D eigenvalue weighted by atomic mass is 16.5. The molecule has 0 bridgehead atoms. The fourth-order valence-corrected chi connectivity index (χ4v) is 2.54. The van der Waals surface area contributed by atoms with Gasteiger partial charge in [0, 0.05) is 30.6 Å². The highest BCUT2D eigenvalue weighted by Crippen LogP contribution is 2.15. The molecule has 1 amide bonds. The third-order valence-corrected chi connectivity index (χ3v) is 3.56. The molecule has 0 saturated carbocycles. The Hall–Kier alpha value is -2.44. The predicted octanol–water partition coefficient (Wildman–Crippen LogP) is 2.24. The smallest absolute Gasteiger partial charge is 0.262 e. The summed E-state index contributed by atoms with van der Waals surface area (Å²) in [5.74, 6) is 0.538. The lowest BCUT2D eigenvalue weighted by Gasteiger charge is -2.14. The van der Waals surface area contributed by atoms with Crippen molar-refractivity contribution >= 4 is 5.91 Å². The quantitative estimate of drug-likeness (QED) is 0.876. The molecule has 7 heteroatoms. The maximum Gasteiger partial charge on any atom is 0.262 e. The van der Waals surface area contributed by atoms with E-state index in [2.05, 4.69) is 15.5 Å². The molecular formula is C17H24N4O3. The van der Waals surface area contributed by atoms with Gasteiger partial charge in [0.2, 0.25) is 17.6 Å². The number of hydrogen-bond donors (Lipinski definition) is 1. The molecule has 0 unspecified atom stereocenters. The van der Waals surface area contributed by atoms with Crippen LogP contribution in [0.2, 0.25) is 0 Å². The van der Waals surface area contributed by atoms with Crippen molar-refractivity contribution in [2.45, 2.75) is 59.5 Å². The van der Waals surface area contributed by atoms with E-state index in [1.807, 2.05) is 40.7 Å². The monoisotopic (exact) mass is 332 g/mol. The lowest BCUT2D eigenvalue weighted by molar-refractivity contribution is -0.121. The van der Waals surface area contributed by atoms with Crippen LogP contribution in [0, 0.1) is 6.92 Å². The summed E-state index contributed by atoms with van der Waals surface area (Å²) in [6.45, 7) is 9.60. The van der Waals surface area contributed by atoms with Gasteiger partial charge in [0.25, 0.3) is 5.56 Å². The van der Waals surface area contributed by atoms with Crippen molar-refractivity contribution < 1.29 is 9.32 Å². The topological polar surface area (TPSA) is 90.0 Å². The maximum absolute atomic E-state index is 12.6. The number of nitrogens with one attached hydrogen (secondary N) is 1. The minimum Gasteiger partial charge on any atom is -0.354 e. The molecule has 0 atom stereocenters. The zero-order valence-electron chi connectivity index (χ0n) is 14.8. The molecule has 7 nitrogen and oxygen atoms in total. The summed E-state index contributed by atoms with van der Waals surface area (Å²) in [7, 11) is 0. The van der Waals surface area contributed by atoms with Crippen LogP contribution >= 0.6 is 0 Å². The van der Waals surface area contributed by atoms with Gasteiger partial charge in [-0.15, -0.1) is 0 Å². The van der Waals surface area contributed by atoms with Crippen molar-refractivity contribution in [1.29, 1.82) is 0 Å². The summed E-state index contributed by atoms with van der Waals surface area (Å²) in [6.07, 6.45) is 0.611. The average Bonchev–Trinajstić information content (AvgIpc) is 2.93. The standard InChI is InChI=1S/C17H24N4O3/c1-10(2)18-14(22)8-9-15-19-16(20-24-15)13-7-6-12(5)21(11(3)4)17(13)23/h6-7,10-11H,8-9H2,1-5H3,(H,18,22). The molecule has 0 spiro atoms. The van der Waals surface area contributed by atoms with Gasteiger partial charge in [0.05, 0.1) is 5.56 Å². The average molecular weight is 332 g/mol. The second-order valence-electron chi connectivity index (χ2n) is 6.39. The lowest BCUT2D eigenvalue weighted by atomic mass is 10.2. The van der Waals surface area contributed by atoms with Crippen LogP contribution in [-0.2, 0) is 11.2 Å². The van der Waals surface area contributed by atoms with Gasteiger partial charge in [-0.05, 0) is 46.8 Å². The zero-order valence-corrected chi connectivity index (χ0v) is 14.8. The molecule has 0 aromatic carbocycles. The largest absolute Gasteiger partial charge is 0.354 e. The predicted molar refractivity (Wildman–Crippen MR) is 90.7 cm³/mol. The molecular weight excluding hydrogens is 308 g/mol. The van der Waals surface area contributed by atoms with Crippen LogP contribution in [0.25, 0.3) is 11.4 Å². The first-order chi connectivity index (χ1) is 11.3. The van der Waals surface area contributed by atoms with Crippen LogP contribution in [0.1, 0.15) is 51.7 Å². The highest BCUT2D eigenvalue weighted by Gasteiger charge is 2.16. The molecule has 0 radical (unpaired) electrons. The minimum atomic E-state index is -0.144. The first-order valence-corrected chi connectivity index (χ1v) is 8.14. The van der Waals surface area contributed by atoms with Gasteiger partial charge in [-0.1, -0.05) is 5.16 Å². The Kier molecular flexibility index (Phi) is 5.54. The van der Waals surface area contributed by atoms with Crippen LogP contribution in [0.4, 0.5) is 0 Å². The summed E-state index contributed by atoms with van der Waals surface area (Å²) in [5.41, 5.74) is 1.14. The number of carbonyl (C=O) groups is 1. The van der Waals surface area contributed by atoms with E-state index < -0.39 is 0 Å². The fourth-order valence-electron chi connectivity index (χ4n) is 2.54. The molecule has 2 aromatic heterocycles. The van der Waals surface area contributed by atoms with E-state index in [0.717, 1.165) is 5.69 Å². The van der Waals surface area contributed by atoms with Crippen molar-refractivity contribution in [2.24, 2.45) is 0 Å². The van der Waals surface area contributed by atoms with E-state index in [-0.39, 0.29) is 35.8 Å². The highest BCUT2D eigenvalue weighted by molar-refractivity contribution is 5.76. The van der Waals surface area contributed by atoms with Crippen molar-refractivity contribution in [1.82, 2.24) is 20.0 Å². The van der Waals surface area contributed by atoms with Crippen molar-refractivity contribution in [3.8, 4) is 11.4 Å². The van der Waals surface area contributed by atoms with Gasteiger partial charge < -0.3 is 14.4 Å². The Morgan fingerprint density at radius 3 is 2.62 bits per heavy atom. The summed E-state index contributed by atoms with van der Waals surface area (Å²) < 4.78 is 6.87. The molecule has 24 heavy (non-hydrogen) atoms. The van der Waals surface area contributed by atoms with E-state index in [0.29, 0.717) is 17.9 Å². The van der Waals surface area contributed by atoms with E-state index in [1.54, 1.807) is 10.6 Å². The number of hydrogen-bond acceptors (Lipinski definition) is 5. The molecule has 0 aliphatic heterocycles. The van der Waals surface area contributed by atoms with Crippen LogP contribution < -0.4 is 10.9 Å². The molecule has 2 rings (SSSR count). The first kappa shape index (κ1) is 17.9. The number of rotatable bonds is 6. The number of carbonyl (C=O) groups excluding carboxylic acids is 1. The number of aryl methyl sites for hydroxylation is 2. The first-order valence-electron chi connectivity index (χ1n) is 8.14. The Balaban J connectivity index is 2.18. The number of aromatic nitrogens is 3. The zero-order chi connectivity index (χ0) is 17.9. The molecule has 0 aliphatic carbocycles. The maximum atomic E-state index is 12.6. The number of pyridine rings is 1. The van der Waals surface area contributed by atoms with Crippen LogP contribution in [0.5, 0.6) is 0 Å². The van der Waals surface area contributed by atoms with Crippen LogP contribution in [-0.4, -0.2) is 26.7 Å². The summed E-state index contributed by atoms with van der Waals surface area (Å²) in [4.78, 5) is 28.5. The summed E-state index contributed by atoms with van der Waals surface area (Å²) in [6, 6.07) is 3.71. The Labute approximate surface area is 141 Å². The Morgan fingerprint density at radius 1 is 1.29 bits per heavy atom. The fraction of sp³-hybridized carbons (Fsp3) is 0.529. The normalized spacial score (nSPS) is 11.3. The van der Waals surface area contributed by atoms with Crippen LogP contribution in [0.3, 0.4) is 0 Å². The summed E-state index contributed by atoms with van der Waals surface area (Å²) >= 11 is 0. The van der Waals surface area contributed by atoms with E-state index in [9.17, 15) is 9.59 Å². The van der Waals surface area contributed by atoms with Gasteiger partial charge >= 0.3 is 0 Å². The third kappa shape index (κ3) is 4.10.